The lowest BCUT2D eigenvalue weighted by molar-refractivity contribution is 0.102. The number of likely N-dealkylation sites (tertiary alicyclic amines) is 1. The summed E-state index contributed by atoms with van der Waals surface area (Å²) in [6.07, 6.45) is 2.38. The van der Waals surface area contributed by atoms with E-state index in [-0.39, 0.29) is 5.91 Å². The highest BCUT2D eigenvalue weighted by atomic mass is 16.1. The van der Waals surface area contributed by atoms with Crippen LogP contribution in [-0.2, 0) is 0 Å². The van der Waals surface area contributed by atoms with E-state index in [1.807, 2.05) is 24.3 Å². The molecule has 150 valence electrons. The molecule has 0 aliphatic carbocycles. The highest BCUT2D eigenvalue weighted by molar-refractivity contribution is 6.04. The predicted molar refractivity (Wildman–Crippen MR) is 117 cm³/mol. The number of nitrogens with zero attached hydrogens (tertiary/aromatic N) is 2. The Balaban J connectivity index is 1.49. The van der Waals surface area contributed by atoms with Crippen LogP contribution in [0, 0.1) is 13.8 Å². The molecule has 0 radical (unpaired) electrons. The summed E-state index contributed by atoms with van der Waals surface area (Å²) in [5.74, 6) is 0.893. The molecule has 2 aromatic carbocycles. The molecule has 1 saturated heterocycles. The van der Waals surface area contributed by atoms with Gasteiger partial charge in [-0.3, -0.25) is 9.89 Å². The maximum absolute atomic E-state index is 12.8. The molecule has 1 unspecified atom stereocenters. The Morgan fingerprint density at radius 2 is 1.93 bits per heavy atom. The first-order valence-electron chi connectivity index (χ1n) is 10.2. The molecule has 5 nitrogen and oxygen atoms in total. The van der Waals surface area contributed by atoms with Gasteiger partial charge in [-0.2, -0.15) is 5.10 Å². The fraction of sp³-hybridized carbons (Fsp3) is 0.333. The topological polar surface area (TPSA) is 61.0 Å². The Hall–Kier alpha value is -2.92. The number of hydrogen-bond acceptors (Lipinski definition) is 3. The van der Waals surface area contributed by atoms with E-state index < -0.39 is 0 Å². The molecule has 3 aromatic rings. The molecule has 1 amide bonds. The maximum atomic E-state index is 12.8. The van der Waals surface area contributed by atoms with E-state index in [1.54, 1.807) is 0 Å². The molecular weight excluding hydrogens is 360 g/mol. The van der Waals surface area contributed by atoms with Crippen LogP contribution in [-0.4, -0.2) is 41.1 Å². The molecule has 2 heterocycles. The van der Waals surface area contributed by atoms with Crippen LogP contribution < -0.4 is 5.32 Å². The Labute approximate surface area is 172 Å². The van der Waals surface area contributed by atoms with Gasteiger partial charge in [-0.05, 0) is 76.0 Å². The number of aromatic amines is 1. The van der Waals surface area contributed by atoms with Crippen LogP contribution in [0.25, 0.3) is 11.3 Å². The van der Waals surface area contributed by atoms with E-state index in [0.29, 0.717) is 17.3 Å². The molecule has 1 aromatic heterocycles. The predicted octanol–water partition coefficient (Wildman–Crippen LogP) is 4.76. The van der Waals surface area contributed by atoms with Crippen LogP contribution >= 0.6 is 0 Å². The van der Waals surface area contributed by atoms with E-state index in [9.17, 15) is 4.79 Å². The van der Waals surface area contributed by atoms with Crippen molar-refractivity contribution in [1.82, 2.24) is 15.1 Å². The molecule has 1 atom stereocenters. The van der Waals surface area contributed by atoms with Gasteiger partial charge in [-0.15, -0.1) is 0 Å². The zero-order valence-electron chi connectivity index (χ0n) is 17.3. The van der Waals surface area contributed by atoms with E-state index in [1.165, 1.54) is 29.5 Å². The number of piperidine rings is 1. The highest BCUT2D eigenvalue weighted by Gasteiger charge is 2.20. The van der Waals surface area contributed by atoms with Gasteiger partial charge in [0.15, 0.2) is 5.82 Å². The second-order valence-corrected chi connectivity index (χ2v) is 8.22. The quantitative estimate of drug-likeness (QED) is 0.678. The number of aromatic nitrogens is 2. The Bertz CT molecular complexity index is 1000. The first-order valence-corrected chi connectivity index (χ1v) is 10.2. The summed E-state index contributed by atoms with van der Waals surface area (Å²) < 4.78 is 0. The van der Waals surface area contributed by atoms with Crippen molar-refractivity contribution in [3.05, 3.63) is 70.8 Å². The van der Waals surface area contributed by atoms with Gasteiger partial charge in [0.25, 0.3) is 5.91 Å². The number of carbonyl (C=O) groups excluding carboxylic acids is 1. The first-order chi connectivity index (χ1) is 14.0. The molecule has 5 heteroatoms. The Morgan fingerprint density at radius 1 is 1.14 bits per heavy atom. The standard InChI is InChI=1S/C24H28N4O/c1-16-10-17(2)12-21(11-16)22-14-23(27-26-22)25-24(29)19-7-4-6-18(13-19)20-8-5-9-28(3)15-20/h4,6-7,10-14,20H,5,8-9,15H2,1-3H3,(H2,25,26,27,29). The summed E-state index contributed by atoms with van der Waals surface area (Å²) in [5.41, 5.74) is 6.27. The van der Waals surface area contributed by atoms with Crippen LogP contribution in [0.4, 0.5) is 5.82 Å². The zero-order chi connectivity index (χ0) is 20.4. The SMILES string of the molecule is Cc1cc(C)cc(-c2cc(NC(=O)c3cccc(C4CCCN(C)C4)c3)n[nH]2)c1. The number of carbonyl (C=O) groups is 1. The number of likely N-dealkylation sites (N-methyl/N-ethyl adjacent to an activating group) is 1. The van der Waals surface area contributed by atoms with Crippen molar-refractivity contribution in [2.45, 2.75) is 32.6 Å². The fourth-order valence-corrected chi connectivity index (χ4v) is 4.22. The fourth-order valence-electron chi connectivity index (χ4n) is 4.22. The molecule has 1 aliphatic rings. The van der Waals surface area contributed by atoms with Crippen LogP contribution in [0.1, 0.15) is 45.8 Å². The van der Waals surface area contributed by atoms with Gasteiger partial charge in [-0.25, -0.2) is 0 Å². The number of hydrogen-bond donors (Lipinski definition) is 2. The lowest BCUT2D eigenvalue weighted by Crippen LogP contribution is -2.30. The van der Waals surface area contributed by atoms with Gasteiger partial charge in [-0.1, -0.05) is 29.3 Å². The summed E-state index contributed by atoms with van der Waals surface area (Å²) in [6, 6.07) is 16.2. The van der Waals surface area contributed by atoms with E-state index in [0.717, 1.165) is 24.3 Å². The van der Waals surface area contributed by atoms with Gasteiger partial charge in [0, 0.05) is 23.7 Å². The van der Waals surface area contributed by atoms with Crippen molar-refractivity contribution in [3.63, 3.8) is 0 Å². The number of anilines is 1. The number of aryl methyl sites for hydroxylation is 2. The number of amides is 1. The monoisotopic (exact) mass is 388 g/mol. The summed E-state index contributed by atoms with van der Waals surface area (Å²) in [5, 5.41) is 10.2. The average molecular weight is 389 g/mol. The first kappa shape index (κ1) is 19.4. The van der Waals surface area contributed by atoms with Gasteiger partial charge in [0.2, 0.25) is 0 Å². The third kappa shape index (κ3) is 4.57. The second-order valence-electron chi connectivity index (χ2n) is 8.22. The smallest absolute Gasteiger partial charge is 0.256 e. The van der Waals surface area contributed by atoms with E-state index >= 15 is 0 Å². The number of H-pyrrole nitrogens is 1. The number of nitrogens with one attached hydrogen (secondary N) is 2. The molecular formula is C24H28N4O. The number of benzene rings is 2. The minimum atomic E-state index is -0.130. The van der Waals surface area contributed by atoms with E-state index in [2.05, 4.69) is 65.6 Å². The van der Waals surface area contributed by atoms with Crippen molar-refractivity contribution >= 4 is 11.7 Å². The molecule has 29 heavy (non-hydrogen) atoms. The highest BCUT2D eigenvalue weighted by Crippen LogP contribution is 2.27. The van der Waals surface area contributed by atoms with Crippen molar-refractivity contribution in [1.29, 1.82) is 0 Å². The molecule has 4 rings (SSSR count). The minimum absolute atomic E-state index is 0.130. The van der Waals surface area contributed by atoms with E-state index in [4.69, 9.17) is 0 Å². The van der Waals surface area contributed by atoms with Gasteiger partial charge < -0.3 is 10.2 Å². The molecule has 0 spiro atoms. The summed E-state index contributed by atoms with van der Waals surface area (Å²) in [7, 11) is 2.16. The molecule has 0 bridgehead atoms. The van der Waals surface area contributed by atoms with Gasteiger partial charge in [0.1, 0.15) is 0 Å². The van der Waals surface area contributed by atoms with Crippen molar-refractivity contribution < 1.29 is 4.79 Å². The third-order valence-corrected chi connectivity index (χ3v) is 5.60. The molecule has 2 N–H and O–H groups in total. The normalized spacial score (nSPS) is 17.3. The average Bonchev–Trinajstić information content (AvgIpc) is 3.16. The summed E-state index contributed by atoms with van der Waals surface area (Å²) in [4.78, 5) is 15.2. The molecule has 0 saturated carbocycles. The van der Waals surface area contributed by atoms with Crippen LogP contribution in [0.2, 0.25) is 0 Å². The largest absolute Gasteiger partial charge is 0.306 e. The number of rotatable bonds is 4. The second kappa shape index (κ2) is 8.21. The van der Waals surface area contributed by atoms with Crippen LogP contribution in [0.5, 0.6) is 0 Å². The minimum Gasteiger partial charge on any atom is -0.306 e. The van der Waals surface area contributed by atoms with Crippen LogP contribution in [0.3, 0.4) is 0 Å². The maximum Gasteiger partial charge on any atom is 0.256 e. The Kier molecular flexibility index (Phi) is 5.49. The molecule has 1 fully saturated rings. The third-order valence-electron chi connectivity index (χ3n) is 5.60. The van der Waals surface area contributed by atoms with Crippen molar-refractivity contribution in [3.8, 4) is 11.3 Å². The van der Waals surface area contributed by atoms with Crippen LogP contribution in [0.15, 0.2) is 48.5 Å². The lowest BCUT2D eigenvalue weighted by atomic mass is 9.90. The van der Waals surface area contributed by atoms with Crippen molar-refractivity contribution in [2.75, 3.05) is 25.5 Å². The summed E-state index contributed by atoms with van der Waals surface area (Å²) in [6.45, 7) is 6.35. The van der Waals surface area contributed by atoms with Gasteiger partial charge in [0.05, 0.1) is 5.69 Å². The van der Waals surface area contributed by atoms with Gasteiger partial charge >= 0.3 is 0 Å². The lowest BCUT2D eigenvalue weighted by Gasteiger charge is -2.30. The Morgan fingerprint density at radius 3 is 2.69 bits per heavy atom. The zero-order valence-corrected chi connectivity index (χ0v) is 17.3. The summed E-state index contributed by atoms with van der Waals surface area (Å²) >= 11 is 0. The van der Waals surface area contributed by atoms with Crippen molar-refractivity contribution in [2.24, 2.45) is 0 Å². The molecule has 1 aliphatic heterocycles.